The van der Waals surface area contributed by atoms with Crippen LogP contribution in [0.15, 0.2) is 45.8 Å². The number of halogens is 1. The van der Waals surface area contributed by atoms with Crippen LogP contribution in [0.25, 0.3) is 0 Å². The molecule has 0 spiro atoms. The van der Waals surface area contributed by atoms with E-state index in [1.165, 1.54) is 19.2 Å². The number of nitrogens with zero attached hydrogens (tertiary/aromatic N) is 1. The molecule has 0 unspecified atom stereocenters. The zero-order valence-corrected chi connectivity index (χ0v) is 17.0. The van der Waals surface area contributed by atoms with Crippen molar-refractivity contribution in [3.05, 3.63) is 57.6 Å². The molecule has 0 fully saturated rings. The lowest BCUT2D eigenvalue weighted by molar-refractivity contribution is -0.116. The van der Waals surface area contributed by atoms with Crippen molar-refractivity contribution in [2.24, 2.45) is 0 Å². The van der Waals surface area contributed by atoms with Crippen LogP contribution in [0.5, 0.6) is 0 Å². The molecule has 0 aliphatic carbocycles. The molecule has 0 saturated carbocycles. The SMILES string of the molecule is Cc1cc(C)c(NC(=O)CN(C)S(=O)(=O)c2cccc(Br)c2)c(C)c1. The normalized spacial score (nSPS) is 11.6. The first-order valence-electron chi connectivity index (χ1n) is 7.71. The van der Waals surface area contributed by atoms with E-state index in [1.807, 2.05) is 32.9 Å². The number of sulfonamides is 1. The molecule has 1 N–H and O–H groups in total. The standard InChI is InChI=1S/C18H21BrN2O3S/c1-12-8-13(2)18(14(3)9-12)20-17(22)11-21(4)25(23,24)16-7-5-6-15(19)10-16/h5-10H,11H2,1-4H3,(H,20,22). The lowest BCUT2D eigenvalue weighted by Gasteiger charge is -2.18. The molecular formula is C18H21BrN2O3S. The first-order valence-corrected chi connectivity index (χ1v) is 9.94. The van der Waals surface area contributed by atoms with Gasteiger partial charge in [0.15, 0.2) is 0 Å². The summed E-state index contributed by atoms with van der Waals surface area (Å²) in [5.41, 5.74) is 3.73. The highest BCUT2D eigenvalue weighted by molar-refractivity contribution is 9.10. The van der Waals surface area contributed by atoms with Crippen molar-refractivity contribution in [3.63, 3.8) is 0 Å². The Morgan fingerprint density at radius 3 is 2.28 bits per heavy atom. The first kappa shape index (κ1) is 19.6. The van der Waals surface area contributed by atoms with Gasteiger partial charge in [0.05, 0.1) is 11.4 Å². The van der Waals surface area contributed by atoms with E-state index >= 15 is 0 Å². The summed E-state index contributed by atoms with van der Waals surface area (Å²) < 4.78 is 26.9. The molecule has 0 aliphatic rings. The monoisotopic (exact) mass is 424 g/mol. The molecule has 0 bridgehead atoms. The molecule has 0 aliphatic heterocycles. The minimum atomic E-state index is -3.73. The van der Waals surface area contributed by atoms with E-state index < -0.39 is 10.0 Å². The van der Waals surface area contributed by atoms with Gasteiger partial charge in [0.25, 0.3) is 0 Å². The third-order valence-corrected chi connectivity index (χ3v) is 6.10. The van der Waals surface area contributed by atoms with Gasteiger partial charge >= 0.3 is 0 Å². The fourth-order valence-corrected chi connectivity index (χ4v) is 4.38. The number of benzene rings is 2. The number of aryl methyl sites for hydroxylation is 3. The largest absolute Gasteiger partial charge is 0.324 e. The molecule has 134 valence electrons. The van der Waals surface area contributed by atoms with E-state index in [1.54, 1.807) is 12.1 Å². The van der Waals surface area contributed by atoms with Crippen LogP contribution in [-0.4, -0.2) is 32.2 Å². The first-order chi connectivity index (χ1) is 11.6. The van der Waals surface area contributed by atoms with Crippen molar-refractivity contribution in [2.45, 2.75) is 25.7 Å². The van der Waals surface area contributed by atoms with E-state index in [9.17, 15) is 13.2 Å². The number of hydrogen-bond donors (Lipinski definition) is 1. The van der Waals surface area contributed by atoms with Crippen molar-refractivity contribution in [3.8, 4) is 0 Å². The van der Waals surface area contributed by atoms with Crippen molar-refractivity contribution in [2.75, 3.05) is 18.9 Å². The van der Waals surface area contributed by atoms with Crippen molar-refractivity contribution in [1.82, 2.24) is 4.31 Å². The molecule has 0 radical (unpaired) electrons. The van der Waals surface area contributed by atoms with Crippen molar-refractivity contribution >= 4 is 37.5 Å². The van der Waals surface area contributed by atoms with E-state index in [-0.39, 0.29) is 17.3 Å². The number of amides is 1. The van der Waals surface area contributed by atoms with Gasteiger partial charge in [-0.2, -0.15) is 4.31 Å². The minimum absolute atomic E-state index is 0.139. The third kappa shape index (κ3) is 4.68. The second-order valence-corrected chi connectivity index (χ2v) is 9.00. The molecular weight excluding hydrogens is 404 g/mol. The number of carbonyl (C=O) groups excluding carboxylic acids is 1. The molecule has 25 heavy (non-hydrogen) atoms. The minimum Gasteiger partial charge on any atom is -0.324 e. The van der Waals surface area contributed by atoms with Gasteiger partial charge in [-0.25, -0.2) is 8.42 Å². The lowest BCUT2D eigenvalue weighted by Crippen LogP contribution is -2.35. The number of nitrogens with one attached hydrogen (secondary N) is 1. The van der Waals surface area contributed by atoms with Crippen LogP contribution in [-0.2, 0) is 14.8 Å². The van der Waals surface area contributed by atoms with Crippen LogP contribution in [0.1, 0.15) is 16.7 Å². The number of rotatable bonds is 5. The van der Waals surface area contributed by atoms with Crippen LogP contribution in [0.3, 0.4) is 0 Å². The Balaban J connectivity index is 2.15. The second kappa shape index (κ2) is 7.68. The highest BCUT2D eigenvalue weighted by Crippen LogP contribution is 2.22. The summed E-state index contributed by atoms with van der Waals surface area (Å²) in [7, 11) is -2.34. The number of carbonyl (C=O) groups is 1. The van der Waals surface area contributed by atoms with Crippen LogP contribution in [0.2, 0.25) is 0 Å². The summed E-state index contributed by atoms with van der Waals surface area (Å²) in [6.07, 6.45) is 0. The number of anilines is 1. The molecule has 0 atom stereocenters. The van der Waals surface area contributed by atoms with E-state index in [4.69, 9.17) is 0 Å². The summed E-state index contributed by atoms with van der Waals surface area (Å²) in [6, 6.07) is 10.4. The fourth-order valence-electron chi connectivity index (χ4n) is 2.65. The predicted octanol–water partition coefficient (Wildman–Crippen LogP) is 3.63. The highest BCUT2D eigenvalue weighted by atomic mass is 79.9. The maximum Gasteiger partial charge on any atom is 0.243 e. The van der Waals surface area contributed by atoms with Gasteiger partial charge in [-0.15, -0.1) is 0 Å². The average Bonchev–Trinajstić information content (AvgIpc) is 2.50. The molecule has 1 amide bonds. The molecule has 2 aromatic carbocycles. The van der Waals surface area contributed by atoms with Crippen LogP contribution >= 0.6 is 15.9 Å². The zero-order chi connectivity index (χ0) is 18.8. The molecule has 2 aromatic rings. The topological polar surface area (TPSA) is 66.5 Å². The maximum absolute atomic E-state index is 12.6. The van der Waals surface area contributed by atoms with Gasteiger partial charge in [0.2, 0.25) is 15.9 Å². The Labute approximate surface area is 157 Å². The number of likely N-dealkylation sites (N-methyl/N-ethyl adjacent to an activating group) is 1. The van der Waals surface area contributed by atoms with Gasteiger partial charge < -0.3 is 5.32 Å². The third-order valence-electron chi connectivity index (χ3n) is 3.81. The molecule has 0 heterocycles. The predicted molar refractivity (Wildman–Crippen MR) is 103 cm³/mol. The molecule has 2 rings (SSSR count). The Morgan fingerprint density at radius 1 is 1.12 bits per heavy atom. The Kier molecular flexibility index (Phi) is 6.03. The van der Waals surface area contributed by atoms with Crippen LogP contribution in [0, 0.1) is 20.8 Å². The Morgan fingerprint density at radius 2 is 1.72 bits per heavy atom. The van der Waals surface area contributed by atoms with E-state index in [2.05, 4.69) is 21.2 Å². The smallest absolute Gasteiger partial charge is 0.243 e. The fraction of sp³-hybridized carbons (Fsp3) is 0.278. The number of hydrogen-bond acceptors (Lipinski definition) is 3. The quantitative estimate of drug-likeness (QED) is 0.796. The summed E-state index contributed by atoms with van der Waals surface area (Å²) in [5, 5.41) is 2.82. The summed E-state index contributed by atoms with van der Waals surface area (Å²) in [4.78, 5) is 12.5. The Bertz CT molecular complexity index is 887. The molecule has 5 nitrogen and oxygen atoms in total. The summed E-state index contributed by atoms with van der Waals surface area (Å²) in [6.45, 7) is 5.56. The summed E-state index contributed by atoms with van der Waals surface area (Å²) >= 11 is 3.26. The van der Waals surface area contributed by atoms with E-state index in [0.717, 1.165) is 26.7 Å². The highest BCUT2D eigenvalue weighted by Gasteiger charge is 2.23. The zero-order valence-electron chi connectivity index (χ0n) is 14.6. The maximum atomic E-state index is 12.6. The van der Waals surface area contributed by atoms with Crippen LogP contribution in [0.4, 0.5) is 5.69 Å². The van der Waals surface area contributed by atoms with Gasteiger partial charge in [-0.1, -0.05) is 39.7 Å². The van der Waals surface area contributed by atoms with Crippen molar-refractivity contribution < 1.29 is 13.2 Å². The Hall–Kier alpha value is -1.70. The van der Waals surface area contributed by atoms with E-state index in [0.29, 0.717) is 4.47 Å². The van der Waals surface area contributed by atoms with Gasteiger partial charge in [-0.3, -0.25) is 4.79 Å². The summed E-state index contributed by atoms with van der Waals surface area (Å²) in [5.74, 6) is -0.379. The molecule has 7 heteroatoms. The molecule has 0 saturated heterocycles. The van der Waals surface area contributed by atoms with Gasteiger partial charge in [0.1, 0.15) is 0 Å². The second-order valence-electron chi connectivity index (χ2n) is 6.04. The molecule has 0 aromatic heterocycles. The average molecular weight is 425 g/mol. The van der Waals surface area contributed by atoms with Gasteiger partial charge in [0, 0.05) is 17.2 Å². The van der Waals surface area contributed by atoms with Crippen molar-refractivity contribution in [1.29, 1.82) is 0 Å². The lowest BCUT2D eigenvalue weighted by atomic mass is 10.1. The van der Waals surface area contributed by atoms with Gasteiger partial charge in [-0.05, 0) is 50.1 Å². The van der Waals surface area contributed by atoms with Crippen LogP contribution < -0.4 is 5.32 Å².